The SMILES string of the molecule is Nc1ccc(Br)cc1O[C@@H]1CCOC1. The summed E-state index contributed by atoms with van der Waals surface area (Å²) >= 11 is 3.38. The fourth-order valence-corrected chi connectivity index (χ4v) is 1.74. The summed E-state index contributed by atoms with van der Waals surface area (Å²) < 4.78 is 11.9. The van der Waals surface area contributed by atoms with E-state index in [-0.39, 0.29) is 6.10 Å². The molecule has 1 heterocycles. The van der Waals surface area contributed by atoms with Crippen LogP contribution in [-0.2, 0) is 4.74 Å². The lowest BCUT2D eigenvalue weighted by atomic mass is 10.3. The smallest absolute Gasteiger partial charge is 0.143 e. The van der Waals surface area contributed by atoms with Crippen LogP contribution >= 0.6 is 15.9 Å². The number of nitrogens with two attached hydrogens (primary N) is 1. The van der Waals surface area contributed by atoms with Gasteiger partial charge >= 0.3 is 0 Å². The number of hydrogen-bond donors (Lipinski definition) is 1. The molecule has 0 bridgehead atoms. The maximum absolute atomic E-state index is 5.78. The first-order valence-electron chi connectivity index (χ1n) is 4.55. The summed E-state index contributed by atoms with van der Waals surface area (Å²) in [6.45, 7) is 1.44. The zero-order valence-corrected chi connectivity index (χ0v) is 9.29. The molecule has 14 heavy (non-hydrogen) atoms. The van der Waals surface area contributed by atoms with Crippen molar-refractivity contribution in [2.45, 2.75) is 12.5 Å². The van der Waals surface area contributed by atoms with Gasteiger partial charge in [-0.3, -0.25) is 0 Å². The number of nitrogen functional groups attached to an aromatic ring is 1. The number of hydrogen-bond acceptors (Lipinski definition) is 3. The molecule has 4 heteroatoms. The van der Waals surface area contributed by atoms with Crippen LogP contribution in [0.3, 0.4) is 0 Å². The minimum absolute atomic E-state index is 0.145. The molecule has 1 fully saturated rings. The van der Waals surface area contributed by atoms with Gasteiger partial charge in [0.1, 0.15) is 11.9 Å². The molecular formula is C10H12BrNO2. The lowest BCUT2D eigenvalue weighted by Gasteiger charge is -2.13. The van der Waals surface area contributed by atoms with Crippen molar-refractivity contribution in [3.63, 3.8) is 0 Å². The molecule has 1 aliphatic rings. The van der Waals surface area contributed by atoms with Gasteiger partial charge in [-0.1, -0.05) is 15.9 Å². The molecule has 1 aromatic carbocycles. The van der Waals surface area contributed by atoms with Crippen LogP contribution in [0, 0.1) is 0 Å². The second-order valence-corrected chi connectivity index (χ2v) is 4.20. The summed E-state index contributed by atoms with van der Waals surface area (Å²) in [4.78, 5) is 0. The summed E-state index contributed by atoms with van der Waals surface area (Å²) in [5.74, 6) is 0.731. The third-order valence-corrected chi connectivity index (χ3v) is 2.65. The molecule has 76 valence electrons. The van der Waals surface area contributed by atoms with Crippen molar-refractivity contribution in [3.05, 3.63) is 22.7 Å². The van der Waals surface area contributed by atoms with Crippen LogP contribution in [0.15, 0.2) is 22.7 Å². The summed E-state index contributed by atoms with van der Waals surface area (Å²) in [5, 5.41) is 0. The molecule has 0 aromatic heterocycles. The molecule has 3 nitrogen and oxygen atoms in total. The highest BCUT2D eigenvalue weighted by Gasteiger charge is 2.18. The van der Waals surface area contributed by atoms with Gasteiger partial charge in [0.25, 0.3) is 0 Å². The maximum atomic E-state index is 5.78. The van der Waals surface area contributed by atoms with Gasteiger partial charge in [-0.2, -0.15) is 0 Å². The number of ether oxygens (including phenoxy) is 2. The number of benzene rings is 1. The Morgan fingerprint density at radius 1 is 1.50 bits per heavy atom. The summed E-state index contributed by atoms with van der Waals surface area (Å²) in [7, 11) is 0. The van der Waals surface area contributed by atoms with Crippen LogP contribution < -0.4 is 10.5 Å². The molecular weight excluding hydrogens is 246 g/mol. The van der Waals surface area contributed by atoms with Gasteiger partial charge in [-0.15, -0.1) is 0 Å². The van der Waals surface area contributed by atoms with Crippen LogP contribution in [0.5, 0.6) is 5.75 Å². The Kier molecular flexibility index (Phi) is 2.93. The van der Waals surface area contributed by atoms with Crippen molar-refractivity contribution < 1.29 is 9.47 Å². The van der Waals surface area contributed by atoms with Crippen LogP contribution in [-0.4, -0.2) is 19.3 Å². The first-order chi connectivity index (χ1) is 6.75. The van der Waals surface area contributed by atoms with Crippen LogP contribution in [0.2, 0.25) is 0 Å². The number of halogens is 1. The first kappa shape index (κ1) is 9.80. The lowest BCUT2D eigenvalue weighted by Crippen LogP contribution is -2.16. The average Bonchev–Trinajstić information content (AvgIpc) is 2.64. The first-order valence-corrected chi connectivity index (χ1v) is 5.34. The van der Waals surface area contributed by atoms with E-state index in [1.165, 1.54) is 0 Å². The normalized spacial score (nSPS) is 21.1. The van der Waals surface area contributed by atoms with Crippen LogP contribution in [0.25, 0.3) is 0 Å². The Morgan fingerprint density at radius 2 is 2.36 bits per heavy atom. The Bertz CT molecular complexity index is 324. The molecule has 0 spiro atoms. The van der Waals surface area contributed by atoms with E-state index < -0.39 is 0 Å². The van der Waals surface area contributed by atoms with E-state index in [2.05, 4.69) is 15.9 Å². The molecule has 0 saturated carbocycles. The van der Waals surface area contributed by atoms with E-state index in [1.54, 1.807) is 0 Å². The molecule has 0 unspecified atom stereocenters. The zero-order valence-electron chi connectivity index (χ0n) is 7.70. The van der Waals surface area contributed by atoms with Crippen molar-refractivity contribution in [1.82, 2.24) is 0 Å². The van der Waals surface area contributed by atoms with Crippen molar-refractivity contribution in [1.29, 1.82) is 0 Å². The molecule has 1 aliphatic heterocycles. The fourth-order valence-electron chi connectivity index (χ4n) is 1.40. The van der Waals surface area contributed by atoms with E-state index in [0.29, 0.717) is 12.3 Å². The third kappa shape index (κ3) is 2.19. The molecule has 1 atom stereocenters. The van der Waals surface area contributed by atoms with E-state index in [9.17, 15) is 0 Å². The molecule has 0 radical (unpaired) electrons. The quantitative estimate of drug-likeness (QED) is 0.827. The maximum Gasteiger partial charge on any atom is 0.143 e. The van der Waals surface area contributed by atoms with Gasteiger partial charge in [0.15, 0.2) is 0 Å². The zero-order chi connectivity index (χ0) is 9.97. The van der Waals surface area contributed by atoms with E-state index in [0.717, 1.165) is 23.2 Å². The van der Waals surface area contributed by atoms with E-state index in [4.69, 9.17) is 15.2 Å². The second-order valence-electron chi connectivity index (χ2n) is 3.29. The molecule has 1 saturated heterocycles. The highest BCUT2D eigenvalue weighted by Crippen LogP contribution is 2.27. The fraction of sp³-hybridized carbons (Fsp3) is 0.400. The standard InChI is InChI=1S/C10H12BrNO2/c11-7-1-2-9(12)10(5-7)14-8-3-4-13-6-8/h1-2,5,8H,3-4,6,12H2/t8-/m1/s1. The minimum atomic E-state index is 0.145. The number of rotatable bonds is 2. The molecule has 0 aliphatic carbocycles. The third-order valence-electron chi connectivity index (χ3n) is 2.16. The van der Waals surface area contributed by atoms with Gasteiger partial charge in [0.05, 0.1) is 18.9 Å². The van der Waals surface area contributed by atoms with Crippen LogP contribution in [0.4, 0.5) is 5.69 Å². The summed E-state index contributed by atoms with van der Waals surface area (Å²) in [6, 6.07) is 5.61. The summed E-state index contributed by atoms with van der Waals surface area (Å²) in [5.41, 5.74) is 6.45. The van der Waals surface area contributed by atoms with E-state index >= 15 is 0 Å². The topological polar surface area (TPSA) is 44.5 Å². The molecule has 2 N–H and O–H groups in total. The Balaban J connectivity index is 2.10. The molecule has 2 rings (SSSR count). The highest BCUT2D eigenvalue weighted by molar-refractivity contribution is 9.10. The Morgan fingerprint density at radius 3 is 3.07 bits per heavy atom. The predicted octanol–water partition coefficient (Wildman–Crippen LogP) is 2.20. The lowest BCUT2D eigenvalue weighted by molar-refractivity contribution is 0.142. The van der Waals surface area contributed by atoms with Gasteiger partial charge in [0, 0.05) is 10.9 Å². The summed E-state index contributed by atoms with van der Waals surface area (Å²) in [6.07, 6.45) is 1.08. The Hall–Kier alpha value is -0.740. The molecule has 1 aromatic rings. The largest absolute Gasteiger partial charge is 0.486 e. The van der Waals surface area contributed by atoms with Crippen molar-refractivity contribution in [3.8, 4) is 5.75 Å². The van der Waals surface area contributed by atoms with Gasteiger partial charge in [-0.25, -0.2) is 0 Å². The van der Waals surface area contributed by atoms with Crippen molar-refractivity contribution in [2.75, 3.05) is 18.9 Å². The highest BCUT2D eigenvalue weighted by atomic mass is 79.9. The Labute approximate surface area is 91.3 Å². The van der Waals surface area contributed by atoms with E-state index in [1.807, 2.05) is 18.2 Å². The van der Waals surface area contributed by atoms with Crippen LogP contribution in [0.1, 0.15) is 6.42 Å². The second kappa shape index (κ2) is 4.19. The van der Waals surface area contributed by atoms with Crippen molar-refractivity contribution >= 4 is 21.6 Å². The van der Waals surface area contributed by atoms with Gasteiger partial charge in [-0.05, 0) is 18.2 Å². The molecule has 0 amide bonds. The average molecular weight is 258 g/mol. The van der Waals surface area contributed by atoms with Gasteiger partial charge < -0.3 is 15.2 Å². The monoisotopic (exact) mass is 257 g/mol. The van der Waals surface area contributed by atoms with Crippen molar-refractivity contribution in [2.24, 2.45) is 0 Å². The predicted molar refractivity (Wildman–Crippen MR) is 58.4 cm³/mol. The van der Waals surface area contributed by atoms with Gasteiger partial charge in [0.2, 0.25) is 0 Å². The number of anilines is 1. The minimum Gasteiger partial charge on any atom is -0.486 e.